The maximum absolute atomic E-state index is 4.59. The van der Waals surface area contributed by atoms with Crippen molar-refractivity contribution in [2.45, 2.75) is 13.3 Å². The van der Waals surface area contributed by atoms with Gasteiger partial charge in [-0.15, -0.1) is 0 Å². The second kappa shape index (κ2) is 5.53. The molecule has 1 fully saturated rings. The third-order valence-electron chi connectivity index (χ3n) is 3.84. The molecule has 1 atom stereocenters. The molecule has 0 saturated carbocycles. The summed E-state index contributed by atoms with van der Waals surface area (Å²) in [6.45, 7) is 6.80. The van der Waals surface area contributed by atoms with Crippen LogP contribution in [0.25, 0.3) is 11.0 Å². The average Bonchev–Trinajstić information content (AvgIpc) is 2.93. The van der Waals surface area contributed by atoms with E-state index in [-0.39, 0.29) is 0 Å². The molecule has 19 heavy (non-hydrogen) atoms. The summed E-state index contributed by atoms with van der Waals surface area (Å²) in [4.78, 5) is 11.5. The molecule has 3 rings (SSSR count). The number of anilines is 1. The van der Waals surface area contributed by atoms with E-state index in [4.69, 9.17) is 0 Å². The van der Waals surface area contributed by atoms with Gasteiger partial charge in [0.15, 0.2) is 0 Å². The van der Waals surface area contributed by atoms with Crippen molar-refractivity contribution in [2.24, 2.45) is 5.92 Å². The van der Waals surface area contributed by atoms with E-state index in [2.05, 4.69) is 27.1 Å². The fourth-order valence-electron chi connectivity index (χ4n) is 2.66. The molecule has 0 bridgehead atoms. The van der Waals surface area contributed by atoms with E-state index in [1.807, 2.05) is 30.5 Å². The molecule has 1 aliphatic rings. The molecule has 2 aromatic rings. The predicted octanol–water partition coefficient (Wildman–Crippen LogP) is 2.38. The zero-order valence-electron chi connectivity index (χ0n) is 11.3. The molecule has 1 saturated heterocycles. The van der Waals surface area contributed by atoms with Crippen molar-refractivity contribution in [1.29, 1.82) is 0 Å². The Bertz CT molecular complexity index is 555. The molecule has 0 aliphatic carbocycles. The molecule has 4 nitrogen and oxygen atoms in total. The number of nitrogens with zero attached hydrogens (tertiary/aromatic N) is 3. The topological polar surface area (TPSA) is 41.0 Å². The lowest BCUT2D eigenvalue weighted by Gasteiger charge is -2.14. The van der Waals surface area contributed by atoms with E-state index in [9.17, 15) is 0 Å². The summed E-state index contributed by atoms with van der Waals surface area (Å²) in [6, 6.07) is 7.98. The summed E-state index contributed by atoms with van der Waals surface area (Å²) < 4.78 is 0. The van der Waals surface area contributed by atoms with Crippen LogP contribution in [0.5, 0.6) is 0 Å². The fourth-order valence-corrected chi connectivity index (χ4v) is 2.66. The van der Waals surface area contributed by atoms with Gasteiger partial charge in [0.25, 0.3) is 0 Å². The molecule has 1 aromatic heterocycles. The maximum Gasteiger partial charge on any atom is 0.145 e. The zero-order valence-corrected chi connectivity index (χ0v) is 11.3. The first-order chi connectivity index (χ1) is 9.35. The van der Waals surface area contributed by atoms with Gasteiger partial charge in [-0.25, -0.2) is 4.98 Å². The van der Waals surface area contributed by atoms with Crippen molar-refractivity contribution < 1.29 is 0 Å². The lowest BCUT2D eigenvalue weighted by Crippen LogP contribution is -2.22. The Morgan fingerprint density at radius 1 is 1.32 bits per heavy atom. The molecule has 0 amide bonds. The first kappa shape index (κ1) is 12.4. The lowest BCUT2D eigenvalue weighted by atomic mass is 10.1. The Morgan fingerprint density at radius 2 is 2.16 bits per heavy atom. The summed E-state index contributed by atoms with van der Waals surface area (Å²) in [5, 5.41) is 3.42. The first-order valence-electron chi connectivity index (χ1n) is 7.03. The fraction of sp³-hybridized carbons (Fsp3) is 0.467. The van der Waals surface area contributed by atoms with Crippen LogP contribution in [-0.4, -0.2) is 41.0 Å². The highest BCUT2D eigenvalue weighted by molar-refractivity contribution is 5.75. The van der Waals surface area contributed by atoms with E-state index in [0.29, 0.717) is 0 Å². The van der Waals surface area contributed by atoms with E-state index in [1.54, 1.807) is 0 Å². The third kappa shape index (κ3) is 2.84. The molecular formula is C15H20N4. The van der Waals surface area contributed by atoms with Crippen LogP contribution in [0.1, 0.15) is 13.3 Å². The van der Waals surface area contributed by atoms with Crippen molar-refractivity contribution in [1.82, 2.24) is 14.9 Å². The van der Waals surface area contributed by atoms with Gasteiger partial charge in [0.2, 0.25) is 0 Å². The van der Waals surface area contributed by atoms with Crippen molar-refractivity contribution in [2.75, 3.05) is 31.5 Å². The summed E-state index contributed by atoms with van der Waals surface area (Å²) in [7, 11) is 0. The molecule has 1 aromatic carbocycles. The number of para-hydroxylation sites is 2. The second-order valence-electron chi connectivity index (χ2n) is 5.17. The number of nitrogens with one attached hydrogen (secondary N) is 1. The van der Waals surface area contributed by atoms with Gasteiger partial charge in [-0.2, -0.15) is 0 Å². The summed E-state index contributed by atoms with van der Waals surface area (Å²) in [5.74, 6) is 1.61. The molecule has 2 heterocycles. The largest absolute Gasteiger partial charge is 0.368 e. The average molecular weight is 256 g/mol. The van der Waals surface area contributed by atoms with E-state index < -0.39 is 0 Å². The quantitative estimate of drug-likeness (QED) is 0.912. The maximum atomic E-state index is 4.59. The van der Waals surface area contributed by atoms with Gasteiger partial charge in [0, 0.05) is 13.1 Å². The van der Waals surface area contributed by atoms with Crippen LogP contribution in [0.15, 0.2) is 30.5 Å². The van der Waals surface area contributed by atoms with Crippen LogP contribution in [-0.2, 0) is 0 Å². The molecule has 1 N–H and O–H groups in total. The molecular weight excluding hydrogens is 236 g/mol. The normalized spacial score (nSPS) is 19.9. The molecule has 0 spiro atoms. The van der Waals surface area contributed by atoms with E-state index in [1.165, 1.54) is 19.5 Å². The Labute approximate surface area is 113 Å². The van der Waals surface area contributed by atoms with E-state index >= 15 is 0 Å². The standard InChI is InChI=1S/C15H20N4/c1-2-19-8-7-12(11-19)9-17-15-10-16-13-5-3-4-6-14(13)18-15/h3-6,10,12H,2,7-9,11H2,1H3,(H,17,18). The SMILES string of the molecule is CCN1CCC(CNc2cnc3ccccc3n2)C1. The van der Waals surface area contributed by atoms with Crippen LogP contribution in [0.2, 0.25) is 0 Å². The summed E-state index contributed by atoms with van der Waals surface area (Å²) in [5.41, 5.74) is 1.90. The molecule has 1 unspecified atom stereocenters. The monoisotopic (exact) mass is 256 g/mol. The number of fused-ring (bicyclic) bond motifs is 1. The van der Waals surface area contributed by atoms with Gasteiger partial charge in [-0.1, -0.05) is 19.1 Å². The van der Waals surface area contributed by atoms with Gasteiger partial charge in [0.1, 0.15) is 5.82 Å². The Balaban J connectivity index is 1.62. The van der Waals surface area contributed by atoms with Crippen LogP contribution in [0.3, 0.4) is 0 Å². The Kier molecular flexibility index (Phi) is 3.60. The highest BCUT2D eigenvalue weighted by Crippen LogP contribution is 2.17. The number of likely N-dealkylation sites (tertiary alicyclic amines) is 1. The van der Waals surface area contributed by atoms with Crippen molar-refractivity contribution in [3.63, 3.8) is 0 Å². The van der Waals surface area contributed by atoms with Gasteiger partial charge in [0.05, 0.1) is 17.2 Å². The smallest absolute Gasteiger partial charge is 0.145 e. The van der Waals surface area contributed by atoms with Crippen LogP contribution >= 0.6 is 0 Å². The summed E-state index contributed by atoms with van der Waals surface area (Å²) >= 11 is 0. The lowest BCUT2D eigenvalue weighted by molar-refractivity contribution is 0.345. The van der Waals surface area contributed by atoms with Crippen LogP contribution < -0.4 is 5.32 Å². The number of hydrogen-bond acceptors (Lipinski definition) is 4. The highest BCUT2D eigenvalue weighted by Gasteiger charge is 2.20. The molecule has 4 heteroatoms. The Morgan fingerprint density at radius 3 is 2.95 bits per heavy atom. The molecule has 0 radical (unpaired) electrons. The zero-order chi connectivity index (χ0) is 13.1. The highest BCUT2D eigenvalue weighted by atomic mass is 15.1. The number of aromatic nitrogens is 2. The number of hydrogen-bond donors (Lipinski definition) is 1. The molecule has 1 aliphatic heterocycles. The second-order valence-corrected chi connectivity index (χ2v) is 5.17. The van der Waals surface area contributed by atoms with Gasteiger partial charge >= 0.3 is 0 Å². The minimum Gasteiger partial charge on any atom is -0.368 e. The van der Waals surface area contributed by atoms with Gasteiger partial charge in [-0.05, 0) is 37.6 Å². The predicted molar refractivity (Wildman–Crippen MR) is 78.2 cm³/mol. The van der Waals surface area contributed by atoms with Crippen LogP contribution in [0, 0.1) is 5.92 Å². The number of rotatable bonds is 4. The van der Waals surface area contributed by atoms with E-state index in [0.717, 1.165) is 35.9 Å². The minimum atomic E-state index is 0.730. The van der Waals surface area contributed by atoms with Crippen molar-refractivity contribution in [3.05, 3.63) is 30.5 Å². The Hall–Kier alpha value is -1.68. The first-order valence-corrected chi connectivity index (χ1v) is 7.03. The number of benzene rings is 1. The van der Waals surface area contributed by atoms with Crippen LogP contribution in [0.4, 0.5) is 5.82 Å². The third-order valence-corrected chi connectivity index (χ3v) is 3.84. The summed E-state index contributed by atoms with van der Waals surface area (Å²) in [6.07, 6.45) is 3.11. The van der Waals surface area contributed by atoms with Crippen molar-refractivity contribution >= 4 is 16.9 Å². The van der Waals surface area contributed by atoms with Gasteiger partial charge in [-0.3, -0.25) is 4.98 Å². The minimum absolute atomic E-state index is 0.730. The molecule has 100 valence electrons. The van der Waals surface area contributed by atoms with Crippen molar-refractivity contribution in [3.8, 4) is 0 Å². The van der Waals surface area contributed by atoms with Gasteiger partial charge < -0.3 is 10.2 Å².